The van der Waals surface area contributed by atoms with Gasteiger partial charge in [-0.2, -0.15) is 0 Å². The van der Waals surface area contributed by atoms with E-state index in [4.69, 9.17) is 4.74 Å². The van der Waals surface area contributed by atoms with Crippen molar-refractivity contribution in [2.24, 2.45) is 11.3 Å². The molecule has 0 saturated heterocycles. The molecule has 20 heavy (non-hydrogen) atoms. The van der Waals surface area contributed by atoms with E-state index < -0.39 is 0 Å². The van der Waals surface area contributed by atoms with Crippen molar-refractivity contribution in [2.75, 3.05) is 10.7 Å². The summed E-state index contributed by atoms with van der Waals surface area (Å²) < 4.78 is 6.18. The minimum Gasteiger partial charge on any atom is -0.490 e. The summed E-state index contributed by atoms with van der Waals surface area (Å²) in [6.45, 7) is 0. The van der Waals surface area contributed by atoms with Crippen LogP contribution >= 0.6 is 31.9 Å². The average molecular weight is 402 g/mol. The molecule has 3 rings (SSSR count). The molecule has 1 aliphatic heterocycles. The number of ether oxygens (including phenoxy) is 1. The first-order valence-electron chi connectivity index (χ1n) is 7.64. The molecular weight excluding hydrogens is 380 g/mol. The van der Waals surface area contributed by atoms with Crippen LogP contribution in [0.15, 0.2) is 24.3 Å². The smallest absolute Gasteiger partial charge is 0.123 e. The van der Waals surface area contributed by atoms with Crippen LogP contribution in [0.3, 0.4) is 0 Å². The fourth-order valence-electron chi connectivity index (χ4n) is 3.89. The standard InChI is InChI=1S/C17H22Br2O/c18-11-17(12-19,14-6-2-3-7-14)10-15-9-13-5-1-4-8-16(13)20-15/h1,4-5,8,14-15H,2-3,6-7,9-12H2. The monoisotopic (exact) mass is 400 g/mol. The van der Waals surface area contributed by atoms with E-state index in [9.17, 15) is 0 Å². The maximum Gasteiger partial charge on any atom is 0.123 e. The van der Waals surface area contributed by atoms with Crippen LogP contribution in [-0.2, 0) is 6.42 Å². The van der Waals surface area contributed by atoms with Crippen molar-refractivity contribution in [2.45, 2.75) is 44.6 Å². The summed E-state index contributed by atoms with van der Waals surface area (Å²) in [7, 11) is 0. The van der Waals surface area contributed by atoms with E-state index in [1.165, 1.54) is 31.2 Å². The molecule has 0 spiro atoms. The van der Waals surface area contributed by atoms with E-state index in [0.717, 1.165) is 35.2 Å². The minimum atomic E-state index is 0.350. The van der Waals surface area contributed by atoms with Crippen LogP contribution in [-0.4, -0.2) is 16.8 Å². The van der Waals surface area contributed by atoms with Crippen LogP contribution in [0.4, 0.5) is 0 Å². The third-order valence-corrected chi connectivity index (χ3v) is 7.33. The fraction of sp³-hybridized carbons (Fsp3) is 0.647. The van der Waals surface area contributed by atoms with Crippen molar-refractivity contribution in [3.05, 3.63) is 29.8 Å². The zero-order chi connectivity index (χ0) is 14.0. The first-order chi connectivity index (χ1) is 9.77. The topological polar surface area (TPSA) is 9.23 Å². The normalized spacial score (nSPS) is 22.8. The summed E-state index contributed by atoms with van der Waals surface area (Å²) in [4.78, 5) is 0. The largest absolute Gasteiger partial charge is 0.490 e. The van der Waals surface area contributed by atoms with Gasteiger partial charge in [0.05, 0.1) is 0 Å². The predicted octanol–water partition coefficient (Wildman–Crippen LogP) is 5.35. The van der Waals surface area contributed by atoms with Gasteiger partial charge in [0.2, 0.25) is 0 Å². The van der Waals surface area contributed by atoms with Crippen LogP contribution in [0, 0.1) is 11.3 Å². The molecule has 3 heteroatoms. The first-order valence-corrected chi connectivity index (χ1v) is 9.88. The Balaban J connectivity index is 1.72. The van der Waals surface area contributed by atoms with E-state index in [1.807, 2.05) is 0 Å². The molecule has 0 amide bonds. The third-order valence-electron chi connectivity index (χ3n) is 5.10. The molecule has 1 aromatic carbocycles. The molecule has 2 aliphatic rings. The molecule has 1 atom stereocenters. The van der Waals surface area contributed by atoms with Gasteiger partial charge in [-0.25, -0.2) is 0 Å². The summed E-state index contributed by atoms with van der Waals surface area (Å²) in [6.07, 6.45) is 8.15. The van der Waals surface area contributed by atoms with Crippen molar-refractivity contribution in [1.82, 2.24) is 0 Å². The highest BCUT2D eigenvalue weighted by Gasteiger charge is 2.41. The quantitative estimate of drug-likeness (QED) is 0.604. The lowest BCUT2D eigenvalue weighted by Gasteiger charge is -2.38. The molecule has 0 aromatic heterocycles. The molecule has 1 aliphatic carbocycles. The van der Waals surface area contributed by atoms with Gasteiger partial charge in [-0.3, -0.25) is 0 Å². The Hall–Kier alpha value is -0.0200. The summed E-state index contributed by atoms with van der Waals surface area (Å²) >= 11 is 7.60. The number of para-hydroxylation sites is 1. The predicted molar refractivity (Wildman–Crippen MR) is 91.2 cm³/mol. The second-order valence-electron chi connectivity index (χ2n) is 6.37. The molecule has 1 fully saturated rings. The van der Waals surface area contributed by atoms with Crippen LogP contribution < -0.4 is 4.74 Å². The number of fused-ring (bicyclic) bond motifs is 1. The van der Waals surface area contributed by atoms with Gasteiger partial charge < -0.3 is 4.74 Å². The lowest BCUT2D eigenvalue weighted by molar-refractivity contribution is 0.120. The zero-order valence-electron chi connectivity index (χ0n) is 11.8. The zero-order valence-corrected chi connectivity index (χ0v) is 15.0. The molecule has 0 radical (unpaired) electrons. The Kier molecular flexibility index (Phi) is 4.76. The number of benzene rings is 1. The molecular formula is C17H22Br2O. The first kappa shape index (κ1) is 14.9. The number of hydrogen-bond acceptors (Lipinski definition) is 1. The van der Waals surface area contributed by atoms with Gasteiger partial charge in [0, 0.05) is 17.1 Å². The van der Waals surface area contributed by atoms with E-state index in [-0.39, 0.29) is 0 Å². The van der Waals surface area contributed by atoms with Crippen molar-refractivity contribution < 1.29 is 4.74 Å². The lowest BCUT2D eigenvalue weighted by atomic mass is 9.73. The molecule has 1 aromatic rings. The summed E-state index contributed by atoms with van der Waals surface area (Å²) in [5, 5.41) is 2.15. The van der Waals surface area contributed by atoms with Gasteiger partial charge in [0.1, 0.15) is 11.9 Å². The minimum absolute atomic E-state index is 0.350. The van der Waals surface area contributed by atoms with Gasteiger partial charge in [-0.05, 0) is 42.2 Å². The Labute approximate surface area is 138 Å². The second-order valence-corrected chi connectivity index (χ2v) is 7.49. The van der Waals surface area contributed by atoms with Gasteiger partial charge in [-0.15, -0.1) is 0 Å². The number of hydrogen-bond donors (Lipinski definition) is 0. The molecule has 1 unspecified atom stereocenters. The van der Waals surface area contributed by atoms with Crippen molar-refractivity contribution in [3.8, 4) is 5.75 Å². The van der Waals surface area contributed by atoms with Gasteiger partial charge in [-0.1, -0.05) is 62.9 Å². The third kappa shape index (κ3) is 2.81. The molecule has 1 saturated carbocycles. The van der Waals surface area contributed by atoms with Gasteiger partial charge in [0.25, 0.3) is 0 Å². The molecule has 110 valence electrons. The number of rotatable bonds is 5. The average Bonchev–Trinajstić information content (AvgIpc) is 3.13. The maximum atomic E-state index is 6.18. The van der Waals surface area contributed by atoms with Crippen LogP contribution in [0.1, 0.15) is 37.7 Å². The summed E-state index contributed by atoms with van der Waals surface area (Å²) in [6, 6.07) is 8.49. The Morgan fingerprint density at radius 2 is 1.80 bits per heavy atom. The summed E-state index contributed by atoms with van der Waals surface area (Å²) in [5.74, 6) is 1.94. The highest BCUT2D eigenvalue weighted by molar-refractivity contribution is 9.09. The summed E-state index contributed by atoms with van der Waals surface area (Å²) in [5.41, 5.74) is 1.73. The molecule has 1 nitrogen and oxygen atoms in total. The van der Waals surface area contributed by atoms with Crippen LogP contribution in [0.25, 0.3) is 0 Å². The van der Waals surface area contributed by atoms with E-state index in [1.54, 1.807) is 0 Å². The Morgan fingerprint density at radius 1 is 1.10 bits per heavy atom. The SMILES string of the molecule is BrCC(CBr)(CC1Cc2ccccc2O1)C1CCCC1. The number of halogens is 2. The molecule has 1 heterocycles. The van der Waals surface area contributed by atoms with Gasteiger partial charge >= 0.3 is 0 Å². The van der Waals surface area contributed by atoms with E-state index >= 15 is 0 Å². The van der Waals surface area contributed by atoms with Crippen LogP contribution in [0.2, 0.25) is 0 Å². The van der Waals surface area contributed by atoms with E-state index in [0.29, 0.717) is 11.5 Å². The van der Waals surface area contributed by atoms with Gasteiger partial charge in [0.15, 0.2) is 0 Å². The molecule has 0 bridgehead atoms. The van der Waals surface area contributed by atoms with Crippen molar-refractivity contribution >= 4 is 31.9 Å². The number of alkyl halides is 2. The lowest BCUT2D eigenvalue weighted by Crippen LogP contribution is -2.38. The van der Waals surface area contributed by atoms with Crippen LogP contribution in [0.5, 0.6) is 5.75 Å². The second kappa shape index (κ2) is 6.39. The Bertz CT molecular complexity index is 425. The highest BCUT2D eigenvalue weighted by Crippen LogP contribution is 2.47. The Morgan fingerprint density at radius 3 is 2.45 bits per heavy atom. The fourth-order valence-corrected chi connectivity index (χ4v) is 6.19. The van der Waals surface area contributed by atoms with Crippen molar-refractivity contribution in [1.29, 1.82) is 0 Å². The maximum absolute atomic E-state index is 6.18. The highest BCUT2D eigenvalue weighted by atomic mass is 79.9. The van der Waals surface area contributed by atoms with Crippen molar-refractivity contribution in [3.63, 3.8) is 0 Å². The molecule has 0 N–H and O–H groups in total. The van der Waals surface area contributed by atoms with E-state index in [2.05, 4.69) is 56.1 Å².